The highest BCUT2D eigenvalue weighted by molar-refractivity contribution is 6.40. The van der Waals surface area contributed by atoms with E-state index in [2.05, 4.69) is 15.2 Å². The molecule has 2 N–H and O–H groups in total. The number of aromatic nitrogens is 1. The minimum atomic E-state index is -0.802. The van der Waals surface area contributed by atoms with Crippen LogP contribution in [-0.4, -0.2) is 53.0 Å². The van der Waals surface area contributed by atoms with Crippen LogP contribution in [0, 0.1) is 0 Å². The predicted molar refractivity (Wildman–Crippen MR) is 94.8 cm³/mol. The second kappa shape index (κ2) is 7.40. The Balaban J connectivity index is 1.58. The smallest absolute Gasteiger partial charge is 0.314 e. The minimum absolute atomic E-state index is 0.109. The number of aromatic hydroxyl groups is 1. The van der Waals surface area contributed by atoms with Crippen LogP contribution in [0.2, 0.25) is 5.02 Å². The number of nitrogens with one attached hydrogen (secondary N) is 1. The molecule has 2 amide bonds. The second-order valence-electron chi connectivity index (χ2n) is 5.58. The molecule has 1 aliphatic heterocycles. The number of benzene rings is 1. The molecular formula is C17H17ClN4O3. The van der Waals surface area contributed by atoms with E-state index >= 15 is 0 Å². The zero-order valence-electron chi connectivity index (χ0n) is 13.4. The normalized spacial score (nSPS) is 14.3. The topological polar surface area (TPSA) is 85.8 Å². The Labute approximate surface area is 149 Å². The van der Waals surface area contributed by atoms with Gasteiger partial charge < -0.3 is 20.2 Å². The van der Waals surface area contributed by atoms with Gasteiger partial charge in [0.05, 0.1) is 5.69 Å². The lowest BCUT2D eigenvalue weighted by molar-refractivity contribution is -0.143. The second-order valence-corrected chi connectivity index (χ2v) is 6.02. The lowest BCUT2D eigenvalue weighted by atomic mass is 10.2. The van der Waals surface area contributed by atoms with E-state index in [9.17, 15) is 14.7 Å². The van der Waals surface area contributed by atoms with E-state index in [0.29, 0.717) is 31.2 Å². The highest BCUT2D eigenvalue weighted by Crippen LogP contribution is 2.26. The van der Waals surface area contributed by atoms with Gasteiger partial charge in [-0.15, -0.1) is 0 Å². The quantitative estimate of drug-likeness (QED) is 0.629. The first-order valence-corrected chi connectivity index (χ1v) is 8.17. The Bertz CT molecular complexity index is 777. The summed E-state index contributed by atoms with van der Waals surface area (Å²) in [4.78, 5) is 32.3. The van der Waals surface area contributed by atoms with E-state index in [0.717, 1.165) is 5.82 Å². The number of hydrogen-bond donors (Lipinski definition) is 2. The van der Waals surface area contributed by atoms with Gasteiger partial charge in [0.25, 0.3) is 0 Å². The Hall–Kier alpha value is -2.80. The van der Waals surface area contributed by atoms with Crippen molar-refractivity contribution in [2.24, 2.45) is 0 Å². The van der Waals surface area contributed by atoms with Gasteiger partial charge in [-0.25, -0.2) is 4.98 Å². The largest absolute Gasteiger partial charge is 0.506 e. The highest BCUT2D eigenvalue weighted by atomic mass is 35.5. The predicted octanol–water partition coefficient (Wildman–Crippen LogP) is 1.73. The standard InChI is InChI=1S/C17H17ClN4O3/c18-12-4-5-14(23)13(11-12)20-16(24)17(25)22-9-7-21(8-10-22)15-3-1-2-6-19-15/h1-6,11,23H,7-10H2,(H,20,24). The van der Waals surface area contributed by atoms with Crippen molar-refractivity contribution in [3.8, 4) is 5.75 Å². The van der Waals surface area contributed by atoms with Crippen LogP contribution in [0.15, 0.2) is 42.6 Å². The molecule has 0 aliphatic carbocycles. The number of piperazine rings is 1. The zero-order valence-corrected chi connectivity index (χ0v) is 14.1. The third-order valence-electron chi connectivity index (χ3n) is 3.94. The fraction of sp³-hybridized carbons (Fsp3) is 0.235. The van der Waals surface area contributed by atoms with Gasteiger partial charge >= 0.3 is 11.8 Å². The number of pyridine rings is 1. The van der Waals surface area contributed by atoms with Crippen molar-refractivity contribution in [2.45, 2.75) is 0 Å². The van der Waals surface area contributed by atoms with Crippen molar-refractivity contribution < 1.29 is 14.7 Å². The van der Waals surface area contributed by atoms with Crippen LogP contribution in [0.5, 0.6) is 5.75 Å². The van der Waals surface area contributed by atoms with Gasteiger partial charge in [0.2, 0.25) is 0 Å². The van der Waals surface area contributed by atoms with Crippen molar-refractivity contribution >= 4 is 34.9 Å². The Morgan fingerprint density at radius 1 is 1.12 bits per heavy atom. The number of rotatable bonds is 2. The number of hydrogen-bond acceptors (Lipinski definition) is 5. The molecule has 0 radical (unpaired) electrons. The summed E-state index contributed by atoms with van der Waals surface area (Å²) in [7, 11) is 0. The maximum atomic E-state index is 12.3. The van der Waals surface area contributed by atoms with Crippen LogP contribution in [0.25, 0.3) is 0 Å². The molecule has 1 aromatic heterocycles. The summed E-state index contributed by atoms with van der Waals surface area (Å²) >= 11 is 5.83. The molecule has 2 aromatic rings. The number of phenolic OH excluding ortho intramolecular Hbond substituents is 1. The van der Waals surface area contributed by atoms with Crippen LogP contribution < -0.4 is 10.2 Å². The van der Waals surface area contributed by atoms with Crippen molar-refractivity contribution in [1.29, 1.82) is 0 Å². The van der Waals surface area contributed by atoms with Crippen LogP contribution in [0.1, 0.15) is 0 Å². The number of phenols is 1. The number of carbonyl (C=O) groups excluding carboxylic acids is 2. The number of anilines is 2. The third kappa shape index (κ3) is 4.00. The van der Waals surface area contributed by atoms with Crippen molar-refractivity contribution in [2.75, 3.05) is 36.4 Å². The molecule has 0 saturated carbocycles. The molecule has 130 valence electrons. The molecule has 1 aromatic carbocycles. The summed E-state index contributed by atoms with van der Waals surface area (Å²) in [6.07, 6.45) is 1.72. The monoisotopic (exact) mass is 360 g/mol. The molecule has 3 rings (SSSR count). The van der Waals surface area contributed by atoms with E-state index in [-0.39, 0.29) is 11.4 Å². The molecule has 2 heterocycles. The maximum Gasteiger partial charge on any atom is 0.314 e. The summed E-state index contributed by atoms with van der Waals surface area (Å²) in [6, 6.07) is 9.90. The molecule has 25 heavy (non-hydrogen) atoms. The summed E-state index contributed by atoms with van der Waals surface area (Å²) in [5.74, 6) is -0.739. The summed E-state index contributed by atoms with van der Waals surface area (Å²) in [5.41, 5.74) is 0.109. The van der Waals surface area contributed by atoms with Crippen LogP contribution in [0.3, 0.4) is 0 Å². The molecule has 1 saturated heterocycles. The van der Waals surface area contributed by atoms with Gasteiger partial charge in [-0.1, -0.05) is 17.7 Å². The van der Waals surface area contributed by atoms with Gasteiger partial charge in [0, 0.05) is 37.4 Å². The summed E-state index contributed by atoms with van der Waals surface area (Å²) in [6.45, 7) is 2.03. The first-order valence-electron chi connectivity index (χ1n) is 7.79. The number of halogens is 1. The van der Waals surface area contributed by atoms with Gasteiger partial charge in [0.15, 0.2) is 0 Å². The zero-order chi connectivity index (χ0) is 17.8. The SMILES string of the molecule is O=C(Nc1cc(Cl)ccc1O)C(=O)N1CCN(c2ccccn2)CC1. The first kappa shape index (κ1) is 17.0. The molecule has 1 aliphatic rings. The van der Waals surface area contributed by atoms with E-state index in [1.165, 1.54) is 23.1 Å². The molecule has 0 spiro atoms. The summed E-state index contributed by atoms with van der Waals surface area (Å²) < 4.78 is 0. The van der Waals surface area contributed by atoms with E-state index < -0.39 is 11.8 Å². The lowest BCUT2D eigenvalue weighted by Gasteiger charge is -2.35. The van der Waals surface area contributed by atoms with Crippen LogP contribution in [-0.2, 0) is 9.59 Å². The third-order valence-corrected chi connectivity index (χ3v) is 4.18. The van der Waals surface area contributed by atoms with Crippen molar-refractivity contribution in [1.82, 2.24) is 9.88 Å². The van der Waals surface area contributed by atoms with Gasteiger partial charge in [-0.05, 0) is 30.3 Å². The Morgan fingerprint density at radius 3 is 2.56 bits per heavy atom. The van der Waals surface area contributed by atoms with Crippen LogP contribution in [0.4, 0.5) is 11.5 Å². The van der Waals surface area contributed by atoms with E-state index in [1.807, 2.05) is 18.2 Å². The van der Waals surface area contributed by atoms with E-state index in [4.69, 9.17) is 11.6 Å². The molecular weight excluding hydrogens is 344 g/mol. The fourth-order valence-electron chi connectivity index (χ4n) is 2.61. The van der Waals surface area contributed by atoms with Gasteiger partial charge in [0.1, 0.15) is 11.6 Å². The minimum Gasteiger partial charge on any atom is -0.506 e. The first-order chi connectivity index (χ1) is 12.0. The Morgan fingerprint density at radius 2 is 1.88 bits per heavy atom. The van der Waals surface area contributed by atoms with Gasteiger partial charge in [-0.2, -0.15) is 0 Å². The number of amides is 2. The number of nitrogens with zero attached hydrogens (tertiary/aromatic N) is 3. The van der Waals surface area contributed by atoms with Gasteiger partial charge in [-0.3, -0.25) is 9.59 Å². The number of carbonyl (C=O) groups is 2. The Kier molecular flexibility index (Phi) is 5.04. The van der Waals surface area contributed by atoms with Crippen molar-refractivity contribution in [3.05, 3.63) is 47.6 Å². The molecule has 7 nitrogen and oxygen atoms in total. The molecule has 8 heteroatoms. The van der Waals surface area contributed by atoms with Crippen molar-refractivity contribution in [3.63, 3.8) is 0 Å². The van der Waals surface area contributed by atoms with E-state index in [1.54, 1.807) is 6.20 Å². The average molecular weight is 361 g/mol. The molecule has 0 bridgehead atoms. The van der Waals surface area contributed by atoms with Crippen LogP contribution >= 0.6 is 11.6 Å². The summed E-state index contributed by atoms with van der Waals surface area (Å²) in [5, 5.41) is 12.5. The average Bonchev–Trinajstić information content (AvgIpc) is 2.65. The lowest BCUT2D eigenvalue weighted by Crippen LogP contribution is -2.51. The highest BCUT2D eigenvalue weighted by Gasteiger charge is 2.27. The molecule has 1 fully saturated rings. The fourth-order valence-corrected chi connectivity index (χ4v) is 2.78. The molecule has 0 unspecified atom stereocenters. The maximum absolute atomic E-state index is 12.3. The molecule has 0 atom stereocenters.